The van der Waals surface area contributed by atoms with Crippen LogP contribution in [0.15, 0.2) is 6.20 Å². The van der Waals surface area contributed by atoms with Crippen molar-refractivity contribution in [2.24, 2.45) is 0 Å². The van der Waals surface area contributed by atoms with Crippen molar-refractivity contribution in [3.05, 3.63) is 23.3 Å². The lowest BCUT2D eigenvalue weighted by Gasteiger charge is -2.32. The van der Waals surface area contributed by atoms with Crippen LogP contribution >= 0.6 is 0 Å². The van der Waals surface area contributed by atoms with Crippen LogP contribution in [0, 0.1) is 6.92 Å². The van der Waals surface area contributed by atoms with Crippen LogP contribution in [0.5, 0.6) is 0 Å². The summed E-state index contributed by atoms with van der Waals surface area (Å²) in [7, 11) is 0. The van der Waals surface area contributed by atoms with E-state index in [4.69, 9.17) is 4.74 Å². The third-order valence-electron chi connectivity index (χ3n) is 3.88. The van der Waals surface area contributed by atoms with Crippen LogP contribution in [-0.2, 0) is 17.7 Å². The smallest absolute Gasteiger partial charge is 0.125 e. The van der Waals surface area contributed by atoms with Gasteiger partial charge in [0.05, 0.1) is 11.8 Å². The number of ether oxygens (including phenoxy) is 1. The first-order chi connectivity index (χ1) is 8.81. The van der Waals surface area contributed by atoms with Crippen LogP contribution in [0.3, 0.4) is 0 Å². The number of hydrogen-bond donors (Lipinski definition) is 0. The minimum absolute atomic E-state index is 0.434. The molecule has 2 aliphatic rings. The molecule has 4 nitrogen and oxygen atoms in total. The maximum absolute atomic E-state index is 5.82. The Morgan fingerprint density at radius 3 is 3.22 bits per heavy atom. The Morgan fingerprint density at radius 1 is 1.44 bits per heavy atom. The van der Waals surface area contributed by atoms with E-state index < -0.39 is 0 Å². The zero-order valence-corrected chi connectivity index (χ0v) is 11.1. The van der Waals surface area contributed by atoms with Gasteiger partial charge in [0.1, 0.15) is 5.82 Å². The maximum atomic E-state index is 5.82. The molecule has 0 spiro atoms. The van der Waals surface area contributed by atoms with Crippen LogP contribution < -0.4 is 0 Å². The van der Waals surface area contributed by atoms with Gasteiger partial charge < -0.3 is 4.74 Å². The van der Waals surface area contributed by atoms with Gasteiger partial charge in [-0.2, -0.15) is 0 Å². The highest BCUT2D eigenvalue weighted by molar-refractivity contribution is 5.20. The van der Waals surface area contributed by atoms with Gasteiger partial charge in [-0.1, -0.05) is 0 Å². The summed E-state index contributed by atoms with van der Waals surface area (Å²) in [5.41, 5.74) is 2.53. The summed E-state index contributed by atoms with van der Waals surface area (Å²) in [5.74, 6) is 0.879. The Hall–Kier alpha value is -1.00. The number of aromatic nitrogens is 2. The number of nitrogens with zero attached hydrogens (tertiary/aromatic N) is 3. The van der Waals surface area contributed by atoms with E-state index in [1.807, 2.05) is 13.1 Å². The fraction of sp³-hybridized carbons (Fsp3) is 0.714. The van der Waals surface area contributed by atoms with Crippen molar-refractivity contribution in [3.8, 4) is 0 Å². The van der Waals surface area contributed by atoms with Crippen molar-refractivity contribution in [2.45, 2.75) is 45.3 Å². The van der Waals surface area contributed by atoms with E-state index >= 15 is 0 Å². The first-order valence-corrected chi connectivity index (χ1v) is 6.96. The largest absolute Gasteiger partial charge is 0.377 e. The molecule has 0 unspecified atom stereocenters. The molecule has 98 valence electrons. The lowest BCUT2D eigenvalue weighted by molar-refractivity contribution is -0.00828. The number of fused-ring (bicyclic) bond motifs is 1. The Morgan fingerprint density at radius 2 is 2.39 bits per heavy atom. The Labute approximate surface area is 108 Å². The average molecular weight is 247 g/mol. The maximum Gasteiger partial charge on any atom is 0.125 e. The first-order valence-electron chi connectivity index (χ1n) is 6.96. The van der Waals surface area contributed by atoms with Crippen molar-refractivity contribution >= 4 is 0 Å². The monoisotopic (exact) mass is 247 g/mol. The minimum Gasteiger partial charge on any atom is -0.377 e. The Bertz CT molecular complexity index is 416. The number of rotatable bonds is 2. The van der Waals surface area contributed by atoms with Crippen LogP contribution in [0.4, 0.5) is 0 Å². The molecule has 0 bridgehead atoms. The van der Waals surface area contributed by atoms with Crippen molar-refractivity contribution in [3.63, 3.8) is 0 Å². The van der Waals surface area contributed by atoms with Crippen molar-refractivity contribution in [1.82, 2.24) is 14.9 Å². The molecule has 0 aromatic carbocycles. The summed E-state index contributed by atoms with van der Waals surface area (Å²) in [5, 5.41) is 0. The molecule has 18 heavy (non-hydrogen) atoms. The van der Waals surface area contributed by atoms with Crippen LogP contribution in [0.1, 0.15) is 36.3 Å². The third kappa shape index (κ3) is 2.70. The van der Waals surface area contributed by atoms with E-state index in [-0.39, 0.29) is 0 Å². The number of aryl methyl sites for hydroxylation is 1. The van der Waals surface area contributed by atoms with E-state index in [9.17, 15) is 0 Å². The topological polar surface area (TPSA) is 38.2 Å². The molecular formula is C14H21N3O. The van der Waals surface area contributed by atoms with E-state index in [2.05, 4.69) is 14.9 Å². The SMILES string of the molecule is Cc1ncc2c(n1)CN(C[C@@H]1CCCCO1)CC2. The average Bonchev–Trinajstić information content (AvgIpc) is 2.39. The molecule has 0 amide bonds. The molecule has 1 aromatic rings. The van der Waals surface area contributed by atoms with Gasteiger partial charge in [0.15, 0.2) is 0 Å². The second-order valence-corrected chi connectivity index (χ2v) is 5.36. The van der Waals surface area contributed by atoms with Crippen LogP contribution in [-0.4, -0.2) is 40.7 Å². The van der Waals surface area contributed by atoms with Gasteiger partial charge in [0, 0.05) is 32.4 Å². The Kier molecular flexibility index (Phi) is 3.57. The zero-order valence-electron chi connectivity index (χ0n) is 11.1. The number of hydrogen-bond acceptors (Lipinski definition) is 4. The van der Waals surface area contributed by atoms with Gasteiger partial charge in [-0.25, -0.2) is 9.97 Å². The second-order valence-electron chi connectivity index (χ2n) is 5.36. The first kappa shape index (κ1) is 12.1. The Balaban J connectivity index is 1.63. The fourth-order valence-electron chi connectivity index (χ4n) is 2.85. The molecule has 1 fully saturated rings. The minimum atomic E-state index is 0.434. The highest BCUT2D eigenvalue weighted by Crippen LogP contribution is 2.19. The predicted molar refractivity (Wildman–Crippen MR) is 69.3 cm³/mol. The molecular weight excluding hydrogens is 226 g/mol. The summed E-state index contributed by atoms with van der Waals surface area (Å²) in [6.45, 7) is 6.03. The molecule has 0 saturated carbocycles. The van der Waals surface area contributed by atoms with E-state index in [1.54, 1.807) is 0 Å². The molecule has 1 aromatic heterocycles. The lowest BCUT2D eigenvalue weighted by Crippen LogP contribution is -2.39. The van der Waals surface area contributed by atoms with Gasteiger partial charge in [-0.15, -0.1) is 0 Å². The van der Waals surface area contributed by atoms with Crippen molar-refractivity contribution in [2.75, 3.05) is 19.7 Å². The summed E-state index contributed by atoms with van der Waals surface area (Å²) < 4.78 is 5.82. The van der Waals surface area contributed by atoms with Crippen molar-refractivity contribution in [1.29, 1.82) is 0 Å². The molecule has 4 heteroatoms. The highest BCUT2D eigenvalue weighted by Gasteiger charge is 2.22. The molecule has 1 saturated heterocycles. The summed E-state index contributed by atoms with van der Waals surface area (Å²) in [4.78, 5) is 11.3. The lowest BCUT2D eigenvalue weighted by atomic mass is 10.0. The van der Waals surface area contributed by atoms with Crippen molar-refractivity contribution < 1.29 is 4.74 Å². The molecule has 0 N–H and O–H groups in total. The van der Waals surface area contributed by atoms with Crippen LogP contribution in [0.2, 0.25) is 0 Å². The predicted octanol–water partition coefficient (Wildman–Crippen LogP) is 1.71. The van der Waals surface area contributed by atoms with E-state index in [1.165, 1.54) is 30.5 Å². The molecule has 3 rings (SSSR count). The quantitative estimate of drug-likeness (QED) is 0.797. The van der Waals surface area contributed by atoms with Gasteiger partial charge in [0.2, 0.25) is 0 Å². The van der Waals surface area contributed by atoms with E-state index in [0.29, 0.717) is 6.10 Å². The molecule has 2 aliphatic heterocycles. The summed E-state index contributed by atoms with van der Waals surface area (Å²) in [6.07, 6.45) is 7.26. The summed E-state index contributed by atoms with van der Waals surface area (Å²) >= 11 is 0. The highest BCUT2D eigenvalue weighted by atomic mass is 16.5. The van der Waals surface area contributed by atoms with Gasteiger partial charge in [-0.3, -0.25) is 4.90 Å². The molecule has 0 radical (unpaired) electrons. The molecule has 1 atom stereocenters. The van der Waals surface area contributed by atoms with Crippen LogP contribution in [0.25, 0.3) is 0 Å². The summed E-state index contributed by atoms with van der Waals surface area (Å²) in [6, 6.07) is 0. The second kappa shape index (κ2) is 5.33. The fourth-order valence-corrected chi connectivity index (χ4v) is 2.85. The van der Waals surface area contributed by atoms with E-state index in [0.717, 1.165) is 38.5 Å². The normalized spacial score (nSPS) is 24.8. The third-order valence-corrected chi connectivity index (χ3v) is 3.88. The zero-order chi connectivity index (χ0) is 12.4. The molecule has 0 aliphatic carbocycles. The van der Waals surface area contributed by atoms with Gasteiger partial charge in [0.25, 0.3) is 0 Å². The van der Waals surface area contributed by atoms with Gasteiger partial charge in [-0.05, 0) is 38.2 Å². The standard InChI is InChI=1S/C14H21N3O/c1-11-15-8-12-5-6-17(10-14(12)16-11)9-13-4-2-3-7-18-13/h8,13H,2-7,9-10H2,1H3/t13-/m0/s1. The van der Waals surface area contributed by atoms with Gasteiger partial charge >= 0.3 is 0 Å². The molecule has 3 heterocycles.